The van der Waals surface area contributed by atoms with E-state index in [0.29, 0.717) is 27.3 Å². The summed E-state index contributed by atoms with van der Waals surface area (Å²) in [6.45, 7) is 3.50. The summed E-state index contributed by atoms with van der Waals surface area (Å²) in [6.07, 6.45) is 4.85. The zero-order valence-corrected chi connectivity index (χ0v) is 13.9. The quantitative estimate of drug-likeness (QED) is 0.640. The summed E-state index contributed by atoms with van der Waals surface area (Å²) in [6, 6.07) is 0. The van der Waals surface area contributed by atoms with Gasteiger partial charge in [0.15, 0.2) is 16.3 Å². The molecule has 0 radical (unpaired) electrons. The number of fused-ring (bicyclic) bond motifs is 1. The normalized spacial score (nSPS) is 15.1. The van der Waals surface area contributed by atoms with E-state index in [1.54, 1.807) is 25.6 Å². The summed E-state index contributed by atoms with van der Waals surface area (Å²) < 4.78 is 1.50. The predicted octanol–water partition coefficient (Wildman–Crippen LogP) is 0.00740. The molecule has 2 N–H and O–H groups in total. The largest absolute Gasteiger partial charge is 0.340 e. The molecule has 0 saturated carbocycles. The van der Waals surface area contributed by atoms with Crippen LogP contribution in [0.1, 0.15) is 0 Å². The topological polar surface area (TPSA) is 105 Å². The van der Waals surface area contributed by atoms with Crippen LogP contribution in [0.5, 0.6) is 0 Å². The van der Waals surface area contributed by atoms with Crippen molar-refractivity contribution in [3.63, 3.8) is 0 Å². The Morgan fingerprint density at radius 3 is 2.79 bits per heavy atom. The first kappa shape index (κ1) is 15.1. The van der Waals surface area contributed by atoms with Gasteiger partial charge in [0.1, 0.15) is 5.03 Å². The average Bonchev–Trinajstić information content (AvgIpc) is 3.05. The number of aromatic amines is 1. The lowest BCUT2D eigenvalue weighted by Crippen LogP contribution is -2.44. The lowest BCUT2D eigenvalue weighted by molar-refractivity contribution is 0.582. The van der Waals surface area contributed by atoms with Crippen LogP contribution in [0.3, 0.4) is 0 Å². The first-order valence-electron chi connectivity index (χ1n) is 7.58. The van der Waals surface area contributed by atoms with Crippen LogP contribution in [-0.4, -0.2) is 55.7 Å². The lowest BCUT2D eigenvalue weighted by atomic mass is 10.4. The molecule has 10 heteroatoms. The van der Waals surface area contributed by atoms with Gasteiger partial charge in [-0.3, -0.25) is 14.3 Å². The van der Waals surface area contributed by atoms with Gasteiger partial charge in [-0.2, -0.15) is 4.98 Å². The van der Waals surface area contributed by atoms with Gasteiger partial charge in [0, 0.05) is 45.6 Å². The highest BCUT2D eigenvalue weighted by atomic mass is 32.2. The number of piperazine rings is 1. The molecule has 0 spiro atoms. The minimum atomic E-state index is -0.153. The zero-order chi connectivity index (χ0) is 16.5. The van der Waals surface area contributed by atoms with Gasteiger partial charge in [0.25, 0.3) is 5.56 Å². The van der Waals surface area contributed by atoms with E-state index in [0.717, 1.165) is 26.2 Å². The molecule has 1 fully saturated rings. The molecule has 0 unspecified atom stereocenters. The van der Waals surface area contributed by atoms with Crippen LogP contribution in [0, 0.1) is 0 Å². The highest BCUT2D eigenvalue weighted by Gasteiger charge is 2.18. The smallest absolute Gasteiger partial charge is 0.280 e. The first-order chi connectivity index (χ1) is 11.7. The predicted molar refractivity (Wildman–Crippen MR) is 90.4 cm³/mol. The van der Waals surface area contributed by atoms with Gasteiger partial charge < -0.3 is 15.2 Å². The standard InChI is InChI=1S/C14H16N8OS/c1-21-12(23)10-11(19-13(18-10)22-6-4-15-5-7-22)20-14(21)24-9-8-16-2-3-17-9/h2-3,8,15H,4-7H2,1H3,(H,18,19). The highest BCUT2D eigenvalue weighted by Crippen LogP contribution is 2.23. The molecule has 1 saturated heterocycles. The van der Waals surface area contributed by atoms with E-state index >= 15 is 0 Å². The molecule has 0 bridgehead atoms. The Morgan fingerprint density at radius 1 is 1.21 bits per heavy atom. The van der Waals surface area contributed by atoms with Crippen LogP contribution in [0.2, 0.25) is 0 Å². The second kappa shape index (κ2) is 6.21. The van der Waals surface area contributed by atoms with Gasteiger partial charge in [0.2, 0.25) is 5.95 Å². The van der Waals surface area contributed by atoms with Crippen molar-refractivity contribution < 1.29 is 0 Å². The third-order valence-corrected chi connectivity index (χ3v) is 4.80. The lowest BCUT2D eigenvalue weighted by Gasteiger charge is -2.26. The molecule has 1 aliphatic heterocycles. The van der Waals surface area contributed by atoms with Crippen molar-refractivity contribution in [1.82, 2.24) is 34.8 Å². The Labute approximate surface area is 141 Å². The van der Waals surface area contributed by atoms with Gasteiger partial charge in [-0.05, 0) is 11.8 Å². The van der Waals surface area contributed by atoms with Crippen LogP contribution < -0.4 is 15.8 Å². The van der Waals surface area contributed by atoms with Crippen molar-refractivity contribution >= 4 is 28.9 Å². The molecule has 0 aromatic carbocycles. The van der Waals surface area contributed by atoms with Gasteiger partial charge in [-0.25, -0.2) is 9.97 Å². The van der Waals surface area contributed by atoms with Crippen molar-refractivity contribution in [2.75, 3.05) is 31.1 Å². The van der Waals surface area contributed by atoms with E-state index in [1.807, 2.05) is 0 Å². The number of rotatable bonds is 3. The molecule has 24 heavy (non-hydrogen) atoms. The van der Waals surface area contributed by atoms with E-state index in [4.69, 9.17) is 0 Å². The number of hydrogen-bond donors (Lipinski definition) is 2. The van der Waals surface area contributed by atoms with Gasteiger partial charge >= 0.3 is 0 Å². The molecule has 3 aromatic heterocycles. The van der Waals surface area contributed by atoms with Crippen molar-refractivity contribution in [1.29, 1.82) is 0 Å². The number of anilines is 1. The maximum atomic E-state index is 12.6. The van der Waals surface area contributed by atoms with Gasteiger partial charge in [-0.15, -0.1) is 0 Å². The molecule has 1 aliphatic rings. The summed E-state index contributed by atoms with van der Waals surface area (Å²) >= 11 is 1.29. The minimum absolute atomic E-state index is 0.153. The minimum Gasteiger partial charge on any atom is -0.340 e. The van der Waals surface area contributed by atoms with Crippen LogP contribution in [-0.2, 0) is 7.05 Å². The molecule has 4 heterocycles. The molecule has 4 rings (SSSR count). The molecule has 124 valence electrons. The number of nitrogens with zero attached hydrogens (tertiary/aromatic N) is 6. The second-order valence-corrected chi connectivity index (χ2v) is 6.39. The van der Waals surface area contributed by atoms with E-state index in [2.05, 4.69) is 35.1 Å². The summed E-state index contributed by atoms with van der Waals surface area (Å²) in [5, 5.41) is 4.51. The van der Waals surface area contributed by atoms with E-state index in [-0.39, 0.29) is 5.56 Å². The third-order valence-electron chi connectivity index (χ3n) is 3.83. The van der Waals surface area contributed by atoms with Crippen molar-refractivity contribution in [2.45, 2.75) is 10.2 Å². The van der Waals surface area contributed by atoms with Crippen LogP contribution >= 0.6 is 11.8 Å². The van der Waals surface area contributed by atoms with Crippen LogP contribution in [0.15, 0.2) is 33.6 Å². The number of imidazole rings is 1. The summed E-state index contributed by atoms with van der Waals surface area (Å²) in [7, 11) is 1.69. The summed E-state index contributed by atoms with van der Waals surface area (Å²) in [5.41, 5.74) is 0.702. The Morgan fingerprint density at radius 2 is 2.04 bits per heavy atom. The monoisotopic (exact) mass is 344 g/mol. The van der Waals surface area contributed by atoms with E-state index < -0.39 is 0 Å². The number of H-pyrrole nitrogens is 1. The van der Waals surface area contributed by atoms with Crippen LogP contribution in [0.4, 0.5) is 5.95 Å². The van der Waals surface area contributed by atoms with Crippen LogP contribution in [0.25, 0.3) is 11.2 Å². The molecule has 9 nitrogen and oxygen atoms in total. The van der Waals surface area contributed by atoms with Gasteiger partial charge in [-0.1, -0.05) is 0 Å². The molecular weight excluding hydrogens is 328 g/mol. The van der Waals surface area contributed by atoms with Gasteiger partial charge in [0.05, 0.1) is 6.20 Å². The summed E-state index contributed by atoms with van der Waals surface area (Å²) in [4.78, 5) is 35.1. The second-order valence-electron chi connectivity index (χ2n) is 5.40. The van der Waals surface area contributed by atoms with E-state index in [9.17, 15) is 4.79 Å². The maximum absolute atomic E-state index is 12.6. The fraction of sp³-hybridized carbons (Fsp3) is 0.357. The Bertz CT molecular complexity index is 916. The SMILES string of the molecule is Cn1c(Sc2cnccn2)nc2nc(N3CCNCC3)[nH]c2c1=O. The summed E-state index contributed by atoms with van der Waals surface area (Å²) in [5.74, 6) is 0.692. The van der Waals surface area contributed by atoms with Crippen molar-refractivity contribution in [3.05, 3.63) is 28.9 Å². The molecule has 3 aromatic rings. The highest BCUT2D eigenvalue weighted by molar-refractivity contribution is 7.99. The Balaban J connectivity index is 1.74. The fourth-order valence-electron chi connectivity index (χ4n) is 2.55. The number of hydrogen-bond acceptors (Lipinski definition) is 8. The first-order valence-corrected chi connectivity index (χ1v) is 8.40. The number of nitrogens with one attached hydrogen (secondary N) is 2. The Kier molecular flexibility index (Phi) is 3.90. The molecule has 0 amide bonds. The average molecular weight is 344 g/mol. The Hall–Kier alpha value is -2.46. The van der Waals surface area contributed by atoms with Crippen molar-refractivity contribution in [3.8, 4) is 0 Å². The molecule has 0 aliphatic carbocycles. The maximum Gasteiger partial charge on any atom is 0.280 e. The van der Waals surface area contributed by atoms with Crippen molar-refractivity contribution in [2.24, 2.45) is 7.05 Å². The third kappa shape index (κ3) is 2.74. The fourth-order valence-corrected chi connectivity index (χ4v) is 3.32. The number of aromatic nitrogens is 6. The molecular formula is C14H16N8OS. The van der Waals surface area contributed by atoms with E-state index in [1.165, 1.54) is 16.3 Å². The zero-order valence-electron chi connectivity index (χ0n) is 13.1. The molecule has 0 atom stereocenters.